The molecule has 1 heterocycles. The molecular formula is C9H10ClIN2O2. The summed E-state index contributed by atoms with van der Waals surface area (Å²) in [5, 5.41) is 0.249. The largest absolute Gasteiger partial charge is 0.360 e. The van der Waals surface area contributed by atoms with Crippen LogP contribution < -0.4 is 5.56 Å². The molecule has 1 aromatic heterocycles. The second kappa shape index (κ2) is 4.80. The van der Waals surface area contributed by atoms with Gasteiger partial charge in [0.15, 0.2) is 0 Å². The Morgan fingerprint density at radius 3 is 3.07 bits per heavy atom. The van der Waals surface area contributed by atoms with Crippen molar-refractivity contribution in [2.75, 3.05) is 6.61 Å². The smallest absolute Gasteiger partial charge is 0.270 e. The van der Waals surface area contributed by atoms with E-state index in [0.29, 0.717) is 9.49 Å². The van der Waals surface area contributed by atoms with E-state index in [1.807, 2.05) is 22.6 Å². The minimum atomic E-state index is -0.147. The maximum absolute atomic E-state index is 11.6. The summed E-state index contributed by atoms with van der Waals surface area (Å²) in [5.41, 5.74) is -0.147. The fourth-order valence-electron chi connectivity index (χ4n) is 1.14. The molecular weight excluding hydrogens is 330 g/mol. The van der Waals surface area contributed by atoms with Crippen LogP contribution in [-0.4, -0.2) is 16.2 Å². The van der Waals surface area contributed by atoms with E-state index in [9.17, 15) is 4.79 Å². The van der Waals surface area contributed by atoms with Gasteiger partial charge in [-0.3, -0.25) is 9.36 Å². The van der Waals surface area contributed by atoms with Crippen LogP contribution >= 0.6 is 34.2 Å². The molecule has 0 spiro atoms. The van der Waals surface area contributed by atoms with E-state index >= 15 is 0 Å². The molecule has 1 fully saturated rings. The van der Waals surface area contributed by atoms with Crippen molar-refractivity contribution in [2.45, 2.75) is 19.6 Å². The first kappa shape index (κ1) is 11.3. The van der Waals surface area contributed by atoms with Gasteiger partial charge in [-0.25, -0.2) is 4.98 Å². The molecule has 6 heteroatoms. The van der Waals surface area contributed by atoms with Gasteiger partial charge in [0.05, 0.1) is 6.61 Å². The van der Waals surface area contributed by atoms with Gasteiger partial charge in [0.25, 0.3) is 5.56 Å². The van der Waals surface area contributed by atoms with Crippen LogP contribution in [0, 0.1) is 9.49 Å². The minimum Gasteiger partial charge on any atom is -0.360 e. The molecule has 0 aliphatic heterocycles. The molecule has 1 aliphatic rings. The van der Waals surface area contributed by atoms with Crippen molar-refractivity contribution in [3.8, 4) is 0 Å². The zero-order valence-electron chi connectivity index (χ0n) is 7.95. The highest BCUT2D eigenvalue weighted by atomic mass is 127. The van der Waals surface area contributed by atoms with E-state index in [1.54, 1.807) is 0 Å². The monoisotopic (exact) mass is 340 g/mol. The number of nitrogens with zero attached hydrogens (tertiary/aromatic N) is 2. The molecule has 1 aliphatic carbocycles. The van der Waals surface area contributed by atoms with E-state index in [2.05, 4.69) is 4.98 Å². The van der Waals surface area contributed by atoms with E-state index in [4.69, 9.17) is 16.3 Å². The quantitative estimate of drug-likeness (QED) is 0.621. The van der Waals surface area contributed by atoms with Crippen LogP contribution in [0.15, 0.2) is 11.1 Å². The summed E-state index contributed by atoms with van der Waals surface area (Å²) in [6.07, 6.45) is 3.90. The predicted octanol–water partition coefficient (Wildman–Crippen LogP) is 1.89. The Morgan fingerprint density at radius 2 is 2.40 bits per heavy atom. The summed E-state index contributed by atoms with van der Waals surface area (Å²) >= 11 is 7.60. The van der Waals surface area contributed by atoms with Crippen molar-refractivity contribution in [1.29, 1.82) is 0 Å². The number of hydrogen-bond donors (Lipinski definition) is 0. The third-order valence-corrected chi connectivity index (χ3v) is 3.80. The molecule has 82 valence electrons. The van der Waals surface area contributed by atoms with Gasteiger partial charge in [-0.1, -0.05) is 11.6 Å². The van der Waals surface area contributed by atoms with Crippen molar-refractivity contribution in [2.24, 2.45) is 5.92 Å². The van der Waals surface area contributed by atoms with Crippen LogP contribution in [-0.2, 0) is 11.5 Å². The summed E-state index contributed by atoms with van der Waals surface area (Å²) in [4.78, 5) is 15.5. The topological polar surface area (TPSA) is 44.1 Å². The first-order chi connectivity index (χ1) is 7.18. The highest BCUT2D eigenvalue weighted by Crippen LogP contribution is 2.28. The van der Waals surface area contributed by atoms with Gasteiger partial charge in [0.2, 0.25) is 0 Å². The summed E-state index contributed by atoms with van der Waals surface area (Å²) in [6, 6.07) is 0. The number of rotatable bonds is 4. The Hall–Kier alpha value is -0.140. The molecule has 0 saturated heterocycles. The Bertz CT molecular complexity index is 417. The van der Waals surface area contributed by atoms with Gasteiger partial charge in [-0.05, 0) is 41.4 Å². The van der Waals surface area contributed by atoms with E-state index < -0.39 is 0 Å². The third-order valence-electron chi connectivity index (χ3n) is 2.22. The van der Waals surface area contributed by atoms with E-state index in [0.717, 1.165) is 6.61 Å². The van der Waals surface area contributed by atoms with E-state index in [1.165, 1.54) is 23.7 Å². The van der Waals surface area contributed by atoms with Crippen LogP contribution in [0.25, 0.3) is 0 Å². The predicted molar refractivity (Wildman–Crippen MR) is 64.9 cm³/mol. The number of aromatic nitrogens is 2. The second-order valence-electron chi connectivity index (χ2n) is 3.57. The maximum atomic E-state index is 11.6. The lowest BCUT2D eigenvalue weighted by atomic mass is 10.5. The lowest BCUT2D eigenvalue weighted by molar-refractivity contribution is 0.0659. The van der Waals surface area contributed by atoms with Crippen molar-refractivity contribution >= 4 is 34.2 Å². The van der Waals surface area contributed by atoms with Crippen LogP contribution in [0.3, 0.4) is 0 Å². The zero-order chi connectivity index (χ0) is 10.8. The van der Waals surface area contributed by atoms with Crippen LogP contribution in [0.2, 0.25) is 5.15 Å². The normalized spacial score (nSPS) is 15.6. The molecule has 4 nitrogen and oxygen atoms in total. The SMILES string of the molecule is O=c1c(I)c(Cl)ncn1COCC1CC1. The number of hydrogen-bond acceptors (Lipinski definition) is 3. The Labute approximate surface area is 106 Å². The summed E-state index contributed by atoms with van der Waals surface area (Å²) in [5.74, 6) is 0.694. The van der Waals surface area contributed by atoms with Crippen LogP contribution in [0.1, 0.15) is 12.8 Å². The lowest BCUT2D eigenvalue weighted by Gasteiger charge is -2.06. The summed E-state index contributed by atoms with van der Waals surface area (Å²) < 4.78 is 7.26. The Balaban J connectivity index is 2.00. The summed E-state index contributed by atoms with van der Waals surface area (Å²) in [6.45, 7) is 0.987. The van der Waals surface area contributed by atoms with Gasteiger partial charge >= 0.3 is 0 Å². The fourth-order valence-corrected chi connectivity index (χ4v) is 1.71. The van der Waals surface area contributed by atoms with Crippen molar-refractivity contribution in [3.63, 3.8) is 0 Å². The minimum absolute atomic E-state index is 0.147. The van der Waals surface area contributed by atoms with Crippen molar-refractivity contribution < 1.29 is 4.74 Å². The third kappa shape index (κ3) is 2.92. The van der Waals surface area contributed by atoms with Gasteiger partial charge in [-0.15, -0.1) is 0 Å². The van der Waals surface area contributed by atoms with Gasteiger partial charge in [0, 0.05) is 0 Å². The average molecular weight is 341 g/mol. The molecule has 0 aromatic carbocycles. The molecule has 2 rings (SSSR count). The molecule has 0 N–H and O–H groups in total. The molecule has 0 amide bonds. The first-order valence-corrected chi connectivity index (χ1v) is 6.12. The standard InChI is InChI=1S/C9H10ClIN2O2/c10-8-7(11)9(14)13(4-12-8)5-15-3-6-1-2-6/h4,6H,1-3,5H2. The van der Waals surface area contributed by atoms with Crippen molar-refractivity contribution in [3.05, 3.63) is 25.4 Å². The van der Waals surface area contributed by atoms with Gasteiger partial charge in [0.1, 0.15) is 21.8 Å². The number of ether oxygens (including phenoxy) is 1. The molecule has 1 aromatic rings. The Kier molecular flexibility index (Phi) is 3.63. The Morgan fingerprint density at radius 1 is 1.67 bits per heavy atom. The molecule has 0 bridgehead atoms. The van der Waals surface area contributed by atoms with E-state index in [-0.39, 0.29) is 17.4 Å². The molecule has 15 heavy (non-hydrogen) atoms. The van der Waals surface area contributed by atoms with Crippen LogP contribution in [0.5, 0.6) is 0 Å². The summed E-state index contributed by atoms with van der Waals surface area (Å²) in [7, 11) is 0. The first-order valence-electron chi connectivity index (χ1n) is 4.66. The maximum Gasteiger partial charge on any atom is 0.270 e. The molecule has 0 radical (unpaired) electrons. The van der Waals surface area contributed by atoms with Crippen molar-refractivity contribution in [1.82, 2.24) is 9.55 Å². The lowest BCUT2D eigenvalue weighted by Crippen LogP contribution is -2.24. The highest BCUT2D eigenvalue weighted by molar-refractivity contribution is 14.1. The molecule has 0 atom stereocenters. The zero-order valence-corrected chi connectivity index (χ0v) is 10.9. The number of halogens is 2. The highest BCUT2D eigenvalue weighted by Gasteiger charge is 2.21. The molecule has 1 saturated carbocycles. The van der Waals surface area contributed by atoms with Gasteiger partial charge in [-0.2, -0.15) is 0 Å². The molecule has 0 unspecified atom stereocenters. The average Bonchev–Trinajstić information content (AvgIpc) is 3.02. The van der Waals surface area contributed by atoms with Gasteiger partial charge < -0.3 is 4.74 Å². The van der Waals surface area contributed by atoms with Crippen LogP contribution in [0.4, 0.5) is 0 Å². The fraction of sp³-hybridized carbons (Fsp3) is 0.556. The second-order valence-corrected chi connectivity index (χ2v) is 5.00.